The number of rotatable bonds is 5. The summed E-state index contributed by atoms with van der Waals surface area (Å²) in [5, 5.41) is 2.35. The zero-order valence-corrected chi connectivity index (χ0v) is 16.9. The van der Waals surface area contributed by atoms with Crippen LogP contribution in [0.4, 0.5) is 5.69 Å². The van der Waals surface area contributed by atoms with Gasteiger partial charge in [-0.3, -0.25) is 24.5 Å². The number of fused-ring (bicyclic) bond motifs is 1. The quantitative estimate of drug-likeness (QED) is 0.591. The molecule has 0 bridgehead atoms. The molecule has 2 unspecified atom stereocenters. The molecule has 2 atom stereocenters. The van der Waals surface area contributed by atoms with Gasteiger partial charge in [-0.2, -0.15) is 0 Å². The molecule has 2 saturated heterocycles. The van der Waals surface area contributed by atoms with Crippen LogP contribution in [-0.4, -0.2) is 42.8 Å². The van der Waals surface area contributed by atoms with Gasteiger partial charge in [0, 0.05) is 60.5 Å². The number of amides is 2. The molecule has 7 heteroatoms. The summed E-state index contributed by atoms with van der Waals surface area (Å²) in [5.41, 5.74) is 1.85. The van der Waals surface area contributed by atoms with Crippen molar-refractivity contribution in [3.05, 3.63) is 29.3 Å². The number of Topliss-reactive ketones (excluding diaryl/α,β-unsaturated/α-hetero) is 2. The van der Waals surface area contributed by atoms with Crippen molar-refractivity contribution in [2.75, 3.05) is 18.0 Å². The Kier molecular flexibility index (Phi) is 5.79. The average Bonchev–Trinajstić information content (AvgIpc) is 2.76. The van der Waals surface area contributed by atoms with Crippen LogP contribution in [0.2, 0.25) is 0 Å². The molecule has 30 heavy (non-hydrogen) atoms. The van der Waals surface area contributed by atoms with Crippen molar-refractivity contribution in [1.29, 1.82) is 0 Å². The maximum atomic E-state index is 13.1. The number of hydrogen-bond donors (Lipinski definition) is 1. The van der Waals surface area contributed by atoms with Crippen molar-refractivity contribution < 1.29 is 24.0 Å². The molecule has 4 rings (SSSR count). The summed E-state index contributed by atoms with van der Waals surface area (Å²) in [6.07, 6.45) is 4.55. The predicted molar refractivity (Wildman–Crippen MR) is 109 cm³/mol. The lowest BCUT2D eigenvalue weighted by molar-refractivity contribution is -0.136. The fraction of sp³-hybridized carbons (Fsp3) is 0.522. The summed E-state index contributed by atoms with van der Waals surface area (Å²) in [6.45, 7) is 1.51. The summed E-state index contributed by atoms with van der Waals surface area (Å²) >= 11 is 0. The monoisotopic (exact) mass is 410 g/mol. The number of carbonyl (C=O) groups excluding carboxylic acids is 5. The number of aldehydes is 1. The lowest BCUT2D eigenvalue weighted by atomic mass is 9.77. The zero-order chi connectivity index (χ0) is 21.3. The Morgan fingerprint density at radius 1 is 0.967 bits per heavy atom. The Hall–Kier alpha value is -2.83. The number of imide groups is 1. The van der Waals surface area contributed by atoms with Gasteiger partial charge in [-0.05, 0) is 50.3 Å². The van der Waals surface area contributed by atoms with Gasteiger partial charge < -0.3 is 9.69 Å². The van der Waals surface area contributed by atoms with Gasteiger partial charge in [0.05, 0.1) is 0 Å². The van der Waals surface area contributed by atoms with Gasteiger partial charge in [-0.1, -0.05) is 0 Å². The van der Waals surface area contributed by atoms with Crippen LogP contribution in [0.5, 0.6) is 0 Å². The maximum Gasteiger partial charge on any atom is 0.229 e. The van der Waals surface area contributed by atoms with Crippen LogP contribution >= 0.6 is 0 Å². The second kappa shape index (κ2) is 8.50. The number of hydrogen-bond acceptors (Lipinski definition) is 6. The van der Waals surface area contributed by atoms with Crippen LogP contribution in [-0.2, 0) is 14.4 Å². The van der Waals surface area contributed by atoms with Crippen molar-refractivity contribution in [3.8, 4) is 0 Å². The summed E-state index contributed by atoms with van der Waals surface area (Å²) in [6, 6.07) is 5.44. The predicted octanol–water partition coefficient (Wildman–Crippen LogP) is 2.32. The van der Waals surface area contributed by atoms with E-state index in [-0.39, 0.29) is 41.6 Å². The van der Waals surface area contributed by atoms with Gasteiger partial charge >= 0.3 is 0 Å². The molecular weight excluding hydrogens is 384 g/mol. The van der Waals surface area contributed by atoms with E-state index in [0.717, 1.165) is 37.9 Å². The number of carbonyl (C=O) groups is 5. The highest BCUT2D eigenvalue weighted by Gasteiger charge is 2.35. The molecular formula is C23H26N2O5. The lowest BCUT2D eigenvalue weighted by Gasteiger charge is -2.32. The highest BCUT2D eigenvalue weighted by molar-refractivity contribution is 6.15. The van der Waals surface area contributed by atoms with E-state index in [1.165, 1.54) is 0 Å². The van der Waals surface area contributed by atoms with E-state index >= 15 is 0 Å². The molecule has 1 aliphatic carbocycles. The molecule has 1 N–H and O–H groups in total. The number of anilines is 1. The minimum Gasteiger partial charge on any atom is -0.371 e. The van der Waals surface area contributed by atoms with Crippen LogP contribution in [0.25, 0.3) is 0 Å². The smallest absolute Gasteiger partial charge is 0.229 e. The van der Waals surface area contributed by atoms with E-state index < -0.39 is 5.92 Å². The number of nitrogens with one attached hydrogen (secondary N) is 1. The van der Waals surface area contributed by atoms with Crippen molar-refractivity contribution in [2.45, 2.75) is 44.9 Å². The summed E-state index contributed by atoms with van der Waals surface area (Å²) in [4.78, 5) is 62.2. The summed E-state index contributed by atoms with van der Waals surface area (Å²) in [7, 11) is 0. The fourth-order valence-electron chi connectivity index (χ4n) is 4.77. The fourth-order valence-corrected chi connectivity index (χ4v) is 4.77. The van der Waals surface area contributed by atoms with Crippen molar-refractivity contribution in [3.63, 3.8) is 0 Å². The molecule has 0 aromatic heterocycles. The molecule has 2 heterocycles. The minimum absolute atomic E-state index is 0.0379. The van der Waals surface area contributed by atoms with Crippen LogP contribution in [0.1, 0.15) is 65.7 Å². The Morgan fingerprint density at radius 2 is 1.70 bits per heavy atom. The topological polar surface area (TPSA) is 101 Å². The van der Waals surface area contributed by atoms with Crippen molar-refractivity contribution in [1.82, 2.24) is 5.32 Å². The molecule has 1 aromatic carbocycles. The number of benzene rings is 1. The number of nitrogens with zero attached hydrogens (tertiary/aromatic N) is 1. The normalized spacial score (nSPS) is 25.1. The number of piperidine rings is 2. The first-order valence-corrected chi connectivity index (χ1v) is 10.7. The summed E-state index contributed by atoms with van der Waals surface area (Å²) < 4.78 is 0. The highest BCUT2D eigenvalue weighted by Crippen LogP contribution is 2.33. The molecule has 0 spiro atoms. The second-order valence-electron chi connectivity index (χ2n) is 8.60. The van der Waals surface area contributed by atoms with Crippen LogP contribution in [0.15, 0.2) is 18.2 Å². The third kappa shape index (κ3) is 4.06. The van der Waals surface area contributed by atoms with Crippen LogP contribution in [0.3, 0.4) is 0 Å². The summed E-state index contributed by atoms with van der Waals surface area (Å²) in [5.74, 6) is -1.21. The van der Waals surface area contributed by atoms with Crippen molar-refractivity contribution >= 4 is 35.4 Å². The van der Waals surface area contributed by atoms with Crippen LogP contribution < -0.4 is 10.2 Å². The van der Waals surface area contributed by atoms with E-state index in [9.17, 15) is 24.0 Å². The van der Waals surface area contributed by atoms with Gasteiger partial charge in [-0.15, -0.1) is 0 Å². The first-order valence-electron chi connectivity index (χ1n) is 10.7. The van der Waals surface area contributed by atoms with Gasteiger partial charge in [0.25, 0.3) is 0 Å². The van der Waals surface area contributed by atoms with E-state index in [0.29, 0.717) is 36.8 Å². The third-order valence-electron chi connectivity index (χ3n) is 6.69. The molecule has 3 aliphatic rings. The largest absolute Gasteiger partial charge is 0.371 e. The molecule has 0 saturated carbocycles. The standard InChI is InChI=1S/C23H26N2O5/c26-13-14-7-9-25(10-8-14)17-4-5-18-19(12-17)22(29)16(11-20(18)27)2-1-15-3-6-21(28)24-23(15)30/h4-5,12-16H,1-3,6-11H2,(H,24,28,30). The lowest BCUT2D eigenvalue weighted by Crippen LogP contribution is -2.41. The molecule has 2 aliphatic heterocycles. The van der Waals surface area contributed by atoms with Gasteiger partial charge in [0.1, 0.15) is 6.29 Å². The van der Waals surface area contributed by atoms with Crippen molar-refractivity contribution in [2.24, 2.45) is 17.8 Å². The Bertz CT molecular complexity index is 901. The first kappa shape index (κ1) is 20.4. The molecule has 2 fully saturated rings. The van der Waals surface area contributed by atoms with E-state index in [4.69, 9.17) is 0 Å². The highest BCUT2D eigenvalue weighted by atomic mass is 16.2. The second-order valence-corrected chi connectivity index (χ2v) is 8.60. The molecule has 1 aromatic rings. The Morgan fingerprint density at radius 3 is 2.40 bits per heavy atom. The van der Waals surface area contributed by atoms with Gasteiger partial charge in [-0.25, -0.2) is 0 Å². The van der Waals surface area contributed by atoms with Gasteiger partial charge in [0.2, 0.25) is 11.8 Å². The minimum atomic E-state index is -0.425. The van der Waals surface area contributed by atoms with Crippen LogP contribution in [0, 0.1) is 17.8 Å². The first-order chi connectivity index (χ1) is 14.5. The van der Waals surface area contributed by atoms with Gasteiger partial charge in [0.15, 0.2) is 11.6 Å². The SMILES string of the molecule is O=CC1CCN(c2ccc3c(c2)C(=O)C(CCC2CCC(=O)NC2=O)CC3=O)CC1. The maximum absolute atomic E-state index is 13.1. The molecule has 0 radical (unpaired) electrons. The van der Waals surface area contributed by atoms with E-state index in [1.807, 2.05) is 12.1 Å². The molecule has 7 nitrogen and oxygen atoms in total. The molecule has 158 valence electrons. The van der Waals surface area contributed by atoms with E-state index in [1.54, 1.807) is 6.07 Å². The molecule has 2 amide bonds. The number of ketones is 2. The average molecular weight is 410 g/mol. The zero-order valence-electron chi connectivity index (χ0n) is 16.9. The third-order valence-corrected chi connectivity index (χ3v) is 6.69. The van der Waals surface area contributed by atoms with E-state index in [2.05, 4.69) is 10.2 Å². The Balaban J connectivity index is 1.46. The Labute approximate surface area is 175 Å².